The zero-order valence-corrected chi connectivity index (χ0v) is 18.1. The first-order valence-corrected chi connectivity index (χ1v) is 11.1. The molecule has 0 saturated carbocycles. The van der Waals surface area contributed by atoms with E-state index in [1.54, 1.807) is 0 Å². The number of hydrogen-bond acceptors (Lipinski definition) is 5. The highest BCUT2D eigenvalue weighted by molar-refractivity contribution is 7.89. The second kappa shape index (κ2) is 9.27. The first-order valence-electron chi connectivity index (χ1n) is 9.67. The van der Waals surface area contributed by atoms with Crippen molar-refractivity contribution in [3.05, 3.63) is 60.2 Å². The summed E-state index contributed by atoms with van der Waals surface area (Å²) in [4.78, 5) is 38.0. The van der Waals surface area contributed by atoms with Crippen LogP contribution in [0.15, 0.2) is 59.5 Å². The number of imide groups is 1. The topological polar surface area (TPSA) is 116 Å². The molecule has 164 valence electrons. The molecule has 1 saturated heterocycles. The Bertz CT molecular complexity index is 1090. The van der Waals surface area contributed by atoms with Gasteiger partial charge in [0.25, 0.3) is 5.91 Å². The molecule has 1 atom stereocenters. The fraction of sp³-hybridized carbons (Fsp3) is 0.286. The van der Waals surface area contributed by atoms with Gasteiger partial charge in [-0.3, -0.25) is 14.5 Å². The summed E-state index contributed by atoms with van der Waals surface area (Å²) in [6.07, 6.45) is 1.04. The number of carbonyl (C=O) groups excluding carboxylic acids is 3. The van der Waals surface area contributed by atoms with Crippen LogP contribution in [0.25, 0.3) is 0 Å². The Morgan fingerprint density at radius 3 is 2.48 bits per heavy atom. The molecule has 31 heavy (non-hydrogen) atoms. The van der Waals surface area contributed by atoms with E-state index in [1.807, 2.05) is 30.3 Å². The molecule has 3 rings (SSSR count). The van der Waals surface area contributed by atoms with Crippen LogP contribution < -0.4 is 10.6 Å². The van der Waals surface area contributed by atoms with Crippen LogP contribution in [0.1, 0.15) is 12.0 Å². The largest absolute Gasteiger partial charge is 0.326 e. The van der Waals surface area contributed by atoms with Crippen LogP contribution in [0.5, 0.6) is 0 Å². The molecule has 9 nitrogen and oxygen atoms in total. The summed E-state index contributed by atoms with van der Waals surface area (Å²) in [6, 6.07) is 14.0. The number of nitrogens with one attached hydrogen (secondary N) is 2. The molecule has 2 aromatic rings. The first-order chi connectivity index (χ1) is 14.7. The van der Waals surface area contributed by atoms with Gasteiger partial charge in [-0.1, -0.05) is 36.4 Å². The summed E-state index contributed by atoms with van der Waals surface area (Å²) in [7, 11) is -0.840. The molecular formula is C21H24N4O5S. The van der Waals surface area contributed by atoms with Gasteiger partial charge in [-0.15, -0.1) is 0 Å². The summed E-state index contributed by atoms with van der Waals surface area (Å²) in [5, 5.41) is 5.15. The van der Waals surface area contributed by atoms with Gasteiger partial charge in [-0.05, 0) is 36.6 Å². The number of rotatable bonds is 8. The summed E-state index contributed by atoms with van der Waals surface area (Å²) in [6.45, 7) is -0.461. The third-order valence-corrected chi connectivity index (χ3v) is 6.68. The number of urea groups is 1. The second-order valence-corrected chi connectivity index (χ2v) is 9.47. The lowest BCUT2D eigenvalue weighted by Crippen LogP contribution is -2.38. The monoisotopic (exact) mass is 444 g/mol. The average molecular weight is 445 g/mol. The third kappa shape index (κ3) is 5.28. The number of sulfonamides is 1. The van der Waals surface area contributed by atoms with Gasteiger partial charge >= 0.3 is 6.03 Å². The Morgan fingerprint density at radius 1 is 1.10 bits per heavy atom. The Labute approximate surface area is 181 Å². The molecule has 4 amide bonds. The SMILES string of the molecule is CN(C)S(=O)(=O)c1cccc(NC(=O)CN2C(=O)N[C@@H](CCc3ccccc3)C2=O)c1. The van der Waals surface area contributed by atoms with E-state index in [1.165, 1.54) is 38.4 Å². The highest BCUT2D eigenvalue weighted by Gasteiger charge is 2.38. The van der Waals surface area contributed by atoms with Crippen molar-refractivity contribution < 1.29 is 22.8 Å². The number of amides is 4. The molecule has 10 heteroatoms. The van der Waals surface area contributed by atoms with Crippen molar-refractivity contribution >= 4 is 33.6 Å². The number of benzene rings is 2. The van der Waals surface area contributed by atoms with E-state index < -0.39 is 40.5 Å². The molecule has 0 bridgehead atoms. The van der Waals surface area contributed by atoms with E-state index >= 15 is 0 Å². The van der Waals surface area contributed by atoms with E-state index in [2.05, 4.69) is 10.6 Å². The van der Waals surface area contributed by atoms with Gasteiger partial charge < -0.3 is 10.6 Å². The van der Waals surface area contributed by atoms with Gasteiger partial charge in [0, 0.05) is 19.8 Å². The zero-order chi connectivity index (χ0) is 22.6. The number of carbonyl (C=O) groups is 3. The molecule has 1 heterocycles. The quantitative estimate of drug-likeness (QED) is 0.598. The molecule has 1 aliphatic rings. The minimum Gasteiger partial charge on any atom is -0.326 e. The maximum absolute atomic E-state index is 12.6. The van der Waals surface area contributed by atoms with E-state index in [4.69, 9.17) is 0 Å². The minimum atomic E-state index is -3.66. The summed E-state index contributed by atoms with van der Waals surface area (Å²) >= 11 is 0. The van der Waals surface area contributed by atoms with Gasteiger partial charge in [-0.2, -0.15) is 0 Å². The van der Waals surface area contributed by atoms with E-state index in [9.17, 15) is 22.8 Å². The number of nitrogens with zero attached hydrogens (tertiary/aromatic N) is 2. The van der Waals surface area contributed by atoms with Crippen LogP contribution in [-0.2, 0) is 26.0 Å². The molecule has 0 spiro atoms. The van der Waals surface area contributed by atoms with Crippen molar-refractivity contribution in [1.29, 1.82) is 0 Å². The Morgan fingerprint density at radius 2 is 1.81 bits per heavy atom. The molecule has 2 N–H and O–H groups in total. The zero-order valence-electron chi connectivity index (χ0n) is 17.2. The number of aryl methyl sites for hydroxylation is 1. The third-order valence-electron chi connectivity index (χ3n) is 4.87. The van der Waals surface area contributed by atoms with E-state index in [0.29, 0.717) is 12.8 Å². The van der Waals surface area contributed by atoms with Crippen LogP contribution >= 0.6 is 0 Å². The molecule has 0 radical (unpaired) electrons. The predicted molar refractivity (Wildman–Crippen MR) is 115 cm³/mol. The van der Waals surface area contributed by atoms with Crippen molar-refractivity contribution in [2.24, 2.45) is 0 Å². The minimum absolute atomic E-state index is 0.0197. The van der Waals surface area contributed by atoms with E-state index in [-0.39, 0.29) is 10.6 Å². The van der Waals surface area contributed by atoms with Crippen molar-refractivity contribution in [2.75, 3.05) is 26.0 Å². The Balaban J connectivity index is 1.60. The second-order valence-electron chi connectivity index (χ2n) is 7.31. The first kappa shape index (κ1) is 22.4. The number of hydrogen-bond donors (Lipinski definition) is 2. The standard InChI is InChI=1S/C21H24N4O5S/c1-24(2)31(29,30)17-10-6-9-16(13-17)22-19(26)14-25-20(27)18(23-21(25)28)12-11-15-7-4-3-5-8-15/h3-10,13,18H,11-12,14H2,1-2H3,(H,22,26)(H,23,28)/t18-/m0/s1. The fourth-order valence-corrected chi connectivity index (χ4v) is 4.12. The van der Waals surface area contributed by atoms with Crippen LogP contribution in [0.4, 0.5) is 10.5 Å². The molecule has 1 aliphatic heterocycles. The van der Waals surface area contributed by atoms with Crippen molar-refractivity contribution in [2.45, 2.75) is 23.8 Å². The molecular weight excluding hydrogens is 420 g/mol. The lowest BCUT2D eigenvalue weighted by molar-refractivity contribution is -0.130. The van der Waals surface area contributed by atoms with E-state index in [0.717, 1.165) is 14.8 Å². The Kier molecular flexibility index (Phi) is 6.71. The normalized spacial score (nSPS) is 16.5. The van der Waals surface area contributed by atoms with Crippen molar-refractivity contribution in [3.63, 3.8) is 0 Å². The average Bonchev–Trinajstić information content (AvgIpc) is 3.00. The van der Waals surface area contributed by atoms with Gasteiger partial charge in [0.15, 0.2) is 0 Å². The maximum atomic E-state index is 12.6. The predicted octanol–water partition coefficient (Wildman–Crippen LogP) is 1.43. The van der Waals surface area contributed by atoms with Crippen LogP contribution in [-0.4, -0.2) is 62.2 Å². The Hall–Kier alpha value is -3.24. The molecule has 0 aliphatic carbocycles. The van der Waals surface area contributed by atoms with Gasteiger partial charge in [0.05, 0.1) is 4.90 Å². The van der Waals surface area contributed by atoms with Crippen molar-refractivity contribution in [3.8, 4) is 0 Å². The molecule has 0 aromatic heterocycles. The fourth-order valence-electron chi connectivity index (χ4n) is 3.17. The number of anilines is 1. The van der Waals surface area contributed by atoms with Crippen LogP contribution in [0, 0.1) is 0 Å². The molecule has 1 fully saturated rings. The van der Waals surface area contributed by atoms with Gasteiger partial charge in [0.1, 0.15) is 12.6 Å². The lowest BCUT2D eigenvalue weighted by atomic mass is 10.1. The van der Waals surface area contributed by atoms with Gasteiger partial charge in [-0.25, -0.2) is 17.5 Å². The highest BCUT2D eigenvalue weighted by atomic mass is 32.2. The van der Waals surface area contributed by atoms with Crippen molar-refractivity contribution in [1.82, 2.24) is 14.5 Å². The summed E-state index contributed by atoms with van der Waals surface area (Å²) in [5.41, 5.74) is 1.30. The molecule has 2 aromatic carbocycles. The maximum Gasteiger partial charge on any atom is 0.325 e. The summed E-state index contributed by atoms with van der Waals surface area (Å²) < 4.78 is 25.6. The lowest BCUT2D eigenvalue weighted by Gasteiger charge is -2.15. The smallest absolute Gasteiger partial charge is 0.325 e. The molecule has 0 unspecified atom stereocenters. The highest BCUT2D eigenvalue weighted by Crippen LogP contribution is 2.18. The summed E-state index contributed by atoms with van der Waals surface area (Å²) in [5.74, 6) is -1.06. The van der Waals surface area contributed by atoms with Crippen LogP contribution in [0.3, 0.4) is 0 Å². The van der Waals surface area contributed by atoms with Crippen LogP contribution in [0.2, 0.25) is 0 Å². The van der Waals surface area contributed by atoms with Gasteiger partial charge in [0.2, 0.25) is 15.9 Å².